The molecule has 4 heteroatoms. The predicted octanol–water partition coefficient (Wildman–Crippen LogP) is 1.66. The Morgan fingerprint density at radius 3 is 2.43 bits per heavy atom. The van der Waals surface area contributed by atoms with Crippen molar-refractivity contribution in [3.05, 3.63) is 24.3 Å². The van der Waals surface area contributed by atoms with Crippen molar-refractivity contribution < 1.29 is 14.7 Å². The molecule has 0 aromatic heterocycles. The molecular weight excluding hydrogens is 179 g/mol. The molecule has 0 fully saturated rings. The predicted molar refractivity (Wildman–Crippen MR) is 58.5 cm³/mol. The molecular formula is C10H19BO3. The van der Waals surface area contributed by atoms with E-state index in [2.05, 4.69) is 12.7 Å². The molecule has 0 heterocycles. The van der Waals surface area contributed by atoms with E-state index >= 15 is 0 Å². The fourth-order valence-corrected chi connectivity index (χ4v) is 1.10. The van der Waals surface area contributed by atoms with E-state index in [1.807, 2.05) is 13.8 Å². The van der Waals surface area contributed by atoms with Gasteiger partial charge < -0.3 is 14.7 Å². The molecule has 3 nitrogen and oxygen atoms in total. The Labute approximate surface area is 86.3 Å². The van der Waals surface area contributed by atoms with Crippen LogP contribution in [-0.2, 0) is 4.65 Å². The second kappa shape index (κ2) is 6.01. The Hall–Kier alpha value is -0.575. The highest BCUT2D eigenvalue weighted by molar-refractivity contribution is 6.32. The third-order valence-electron chi connectivity index (χ3n) is 2.00. The van der Waals surface area contributed by atoms with E-state index in [1.165, 1.54) is 5.57 Å². The molecule has 0 aromatic rings. The Kier molecular flexibility index (Phi) is 5.76. The minimum Gasteiger partial charge on any atom is -0.402 e. The van der Waals surface area contributed by atoms with Crippen LogP contribution in [0.15, 0.2) is 24.3 Å². The number of rotatable bonds is 6. The van der Waals surface area contributed by atoms with Crippen molar-refractivity contribution in [1.29, 1.82) is 0 Å². The molecule has 1 atom stereocenters. The highest BCUT2D eigenvalue weighted by Crippen LogP contribution is 2.19. The second-order valence-corrected chi connectivity index (χ2v) is 3.78. The molecule has 14 heavy (non-hydrogen) atoms. The Morgan fingerprint density at radius 1 is 1.50 bits per heavy atom. The first-order valence-electron chi connectivity index (χ1n) is 4.70. The highest BCUT2D eigenvalue weighted by atomic mass is 16.6. The molecule has 0 rings (SSSR count). The third kappa shape index (κ3) is 5.97. The minimum atomic E-state index is -1.75. The fourth-order valence-electron chi connectivity index (χ4n) is 1.10. The van der Waals surface area contributed by atoms with Gasteiger partial charge in [-0.05, 0) is 33.6 Å². The maximum absolute atomic E-state index is 8.70. The average Bonchev–Trinajstić information content (AvgIpc) is 2.02. The topological polar surface area (TPSA) is 49.7 Å². The average molecular weight is 198 g/mol. The van der Waals surface area contributed by atoms with Gasteiger partial charge in [0, 0.05) is 0 Å². The number of hydrogen-bond acceptors (Lipinski definition) is 3. The molecule has 0 radical (unpaired) electrons. The first-order chi connectivity index (χ1) is 6.39. The molecule has 2 N–H and O–H groups in total. The summed E-state index contributed by atoms with van der Waals surface area (Å²) in [7, 11) is -1.75. The van der Waals surface area contributed by atoms with Gasteiger partial charge in [0.1, 0.15) is 0 Å². The van der Waals surface area contributed by atoms with Crippen LogP contribution >= 0.6 is 0 Å². The van der Waals surface area contributed by atoms with E-state index in [1.54, 1.807) is 13.0 Å². The molecule has 0 spiro atoms. The lowest BCUT2D eigenvalue weighted by Gasteiger charge is -2.25. The molecule has 0 saturated heterocycles. The van der Waals surface area contributed by atoms with Crippen LogP contribution in [0.4, 0.5) is 0 Å². The summed E-state index contributed by atoms with van der Waals surface area (Å²) in [4.78, 5) is 0. The molecule has 0 aliphatic rings. The maximum atomic E-state index is 8.70. The normalized spacial score (nSPS) is 14.4. The van der Waals surface area contributed by atoms with Gasteiger partial charge in [-0.2, -0.15) is 0 Å². The third-order valence-corrected chi connectivity index (χ3v) is 2.00. The van der Waals surface area contributed by atoms with Gasteiger partial charge in [-0.15, -0.1) is 6.58 Å². The van der Waals surface area contributed by atoms with Crippen molar-refractivity contribution in [2.75, 3.05) is 0 Å². The van der Waals surface area contributed by atoms with E-state index < -0.39 is 12.9 Å². The van der Waals surface area contributed by atoms with Gasteiger partial charge in [-0.1, -0.05) is 17.7 Å². The van der Waals surface area contributed by atoms with Crippen molar-refractivity contribution in [3.8, 4) is 0 Å². The zero-order valence-corrected chi connectivity index (χ0v) is 9.16. The van der Waals surface area contributed by atoms with Crippen molar-refractivity contribution in [2.45, 2.75) is 39.2 Å². The van der Waals surface area contributed by atoms with Crippen LogP contribution in [0.2, 0.25) is 0 Å². The first kappa shape index (κ1) is 13.4. The van der Waals surface area contributed by atoms with Crippen LogP contribution in [0, 0.1) is 0 Å². The zero-order chi connectivity index (χ0) is 11.2. The summed E-state index contributed by atoms with van der Waals surface area (Å²) in [6.07, 6.45) is 5.18. The first-order valence-corrected chi connectivity index (χ1v) is 4.70. The quantitative estimate of drug-likeness (QED) is 0.504. The van der Waals surface area contributed by atoms with Gasteiger partial charge in [0.05, 0.1) is 5.60 Å². The Balaban J connectivity index is 4.12. The highest BCUT2D eigenvalue weighted by Gasteiger charge is 2.26. The zero-order valence-electron chi connectivity index (χ0n) is 9.16. The lowest BCUT2D eigenvalue weighted by Crippen LogP contribution is -2.34. The minimum absolute atomic E-state index is 0.680. The number of allylic oxidation sites excluding steroid dienone is 2. The smallest absolute Gasteiger partial charge is 0.402 e. The Bertz CT molecular complexity index is 209. The fraction of sp³-hybridized carbons (Fsp3) is 0.600. The van der Waals surface area contributed by atoms with Gasteiger partial charge >= 0.3 is 7.32 Å². The van der Waals surface area contributed by atoms with Crippen LogP contribution < -0.4 is 0 Å². The van der Waals surface area contributed by atoms with Crippen molar-refractivity contribution in [3.63, 3.8) is 0 Å². The lowest BCUT2D eigenvalue weighted by molar-refractivity contribution is 0.0670. The summed E-state index contributed by atoms with van der Waals surface area (Å²) < 4.78 is 4.93. The monoisotopic (exact) mass is 198 g/mol. The van der Waals surface area contributed by atoms with Crippen LogP contribution in [0.3, 0.4) is 0 Å². The van der Waals surface area contributed by atoms with Crippen molar-refractivity contribution >= 4 is 7.32 Å². The molecule has 80 valence electrons. The molecule has 0 saturated carbocycles. The molecule has 0 aliphatic heterocycles. The van der Waals surface area contributed by atoms with Gasteiger partial charge in [0.25, 0.3) is 0 Å². The summed E-state index contributed by atoms with van der Waals surface area (Å²) in [6, 6.07) is 0. The maximum Gasteiger partial charge on any atom is 0.634 e. The molecule has 1 unspecified atom stereocenters. The van der Waals surface area contributed by atoms with Gasteiger partial charge in [-0.3, -0.25) is 0 Å². The van der Waals surface area contributed by atoms with Gasteiger partial charge in [0.15, 0.2) is 0 Å². The largest absolute Gasteiger partial charge is 0.634 e. The van der Waals surface area contributed by atoms with Crippen LogP contribution in [0.1, 0.15) is 33.6 Å². The van der Waals surface area contributed by atoms with Gasteiger partial charge in [0.2, 0.25) is 0 Å². The van der Waals surface area contributed by atoms with Crippen LogP contribution in [0.5, 0.6) is 0 Å². The van der Waals surface area contributed by atoms with Crippen molar-refractivity contribution in [2.24, 2.45) is 0 Å². The van der Waals surface area contributed by atoms with Crippen molar-refractivity contribution in [1.82, 2.24) is 0 Å². The standard InChI is InChI=1S/C10H19BO3/c1-5-10(4,14-11(12)13)8-6-7-9(2)3/h5,7,12-13H,1,6,8H2,2-4H3. The lowest BCUT2D eigenvalue weighted by atomic mass is 9.97. The summed E-state index contributed by atoms with van der Waals surface area (Å²) >= 11 is 0. The van der Waals surface area contributed by atoms with Gasteiger partial charge in [-0.25, -0.2) is 0 Å². The van der Waals surface area contributed by atoms with E-state index in [9.17, 15) is 0 Å². The van der Waals surface area contributed by atoms with E-state index in [0.717, 1.165) is 6.42 Å². The summed E-state index contributed by atoms with van der Waals surface area (Å²) in [6.45, 7) is 9.43. The number of hydrogen-bond donors (Lipinski definition) is 2. The van der Waals surface area contributed by atoms with Crippen LogP contribution in [0.25, 0.3) is 0 Å². The summed E-state index contributed by atoms with van der Waals surface area (Å²) in [5, 5.41) is 17.4. The van der Waals surface area contributed by atoms with E-state index in [0.29, 0.717) is 6.42 Å². The summed E-state index contributed by atoms with van der Waals surface area (Å²) in [5.74, 6) is 0. The van der Waals surface area contributed by atoms with Crippen LogP contribution in [-0.4, -0.2) is 23.0 Å². The van der Waals surface area contributed by atoms with E-state index in [4.69, 9.17) is 14.7 Å². The summed E-state index contributed by atoms with van der Waals surface area (Å²) in [5.41, 5.74) is 0.557. The SMILES string of the molecule is C=CC(C)(CCC=C(C)C)OB(O)O. The second-order valence-electron chi connectivity index (χ2n) is 3.78. The Morgan fingerprint density at radius 2 is 2.07 bits per heavy atom. The molecule has 0 amide bonds. The molecule has 0 aromatic carbocycles. The van der Waals surface area contributed by atoms with E-state index in [-0.39, 0.29) is 0 Å². The molecule has 0 aliphatic carbocycles. The molecule has 0 bridgehead atoms.